The van der Waals surface area contributed by atoms with E-state index in [4.69, 9.17) is 11.6 Å². The van der Waals surface area contributed by atoms with Crippen molar-refractivity contribution in [3.63, 3.8) is 0 Å². The molecule has 1 aliphatic heterocycles. The monoisotopic (exact) mass is 505 g/mol. The van der Waals surface area contributed by atoms with E-state index in [1.54, 1.807) is 72.6 Å². The van der Waals surface area contributed by atoms with Crippen LogP contribution in [0.2, 0.25) is 5.02 Å². The minimum Gasteiger partial charge on any atom is -0.321 e. The molecule has 0 unspecified atom stereocenters. The third kappa shape index (κ3) is 6.47. The molecule has 1 saturated heterocycles. The van der Waals surface area contributed by atoms with E-state index in [2.05, 4.69) is 20.5 Å². The summed E-state index contributed by atoms with van der Waals surface area (Å²) in [6, 6.07) is 16.8. The molecule has 8 nitrogen and oxygen atoms in total. The summed E-state index contributed by atoms with van der Waals surface area (Å²) < 4.78 is 0. The molecule has 2 aromatic carbocycles. The highest BCUT2D eigenvalue weighted by Gasteiger charge is 2.19. The zero-order valence-corrected chi connectivity index (χ0v) is 20.8. The van der Waals surface area contributed by atoms with E-state index in [1.807, 2.05) is 0 Å². The van der Waals surface area contributed by atoms with Crippen molar-refractivity contribution in [1.29, 1.82) is 0 Å². The molecule has 1 aromatic heterocycles. The van der Waals surface area contributed by atoms with E-state index in [0.717, 1.165) is 25.9 Å². The van der Waals surface area contributed by atoms with E-state index in [-0.39, 0.29) is 11.8 Å². The Morgan fingerprint density at radius 2 is 1.64 bits per heavy atom. The normalized spacial score (nSPS) is 13.6. The predicted molar refractivity (Wildman–Crippen MR) is 142 cm³/mol. The number of piperidine rings is 1. The highest BCUT2D eigenvalue weighted by atomic mass is 35.5. The Bertz CT molecular complexity index is 1220. The largest absolute Gasteiger partial charge is 0.321 e. The molecule has 0 saturated carbocycles. The van der Waals surface area contributed by atoms with Gasteiger partial charge in [-0.15, -0.1) is 0 Å². The summed E-state index contributed by atoms with van der Waals surface area (Å²) in [5, 5.41) is 5.96. The van der Waals surface area contributed by atoms with Crippen molar-refractivity contribution < 1.29 is 14.4 Å². The summed E-state index contributed by atoms with van der Waals surface area (Å²) in [6.07, 6.45) is 4.92. The van der Waals surface area contributed by atoms with E-state index >= 15 is 0 Å². The van der Waals surface area contributed by atoms with Crippen molar-refractivity contribution in [2.75, 3.05) is 42.2 Å². The number of likely N-dealkylation sites (N-methyl/N-ethyl adjacent to an activating group) is 1. The van der Waals surface area contributed by atoms with Crippen molar-refractivity contribution in [3.05, 3.63) is 83.0 Å². The van der Waals surface area contributed by atoms with E-state index in [0.29, 0.717) is 39.9 Å². The molecule has 3 amide bonds. The number of aromatic nitrogens is 1. The molecule has 2 N–H and O–H groups in total. The lowest BCUT2D eigenvalue weighted by molar-refractivity contribution is -0.119. The Hall–Kier alpha value is -3.75. The van der Waals surface area contributed by atoms with Crippen LogP contribution >= 0.6 is 11.6 Å². The Labute approximate surface area is 215 Å². The quantitative estimate of drug-likeness (QED) is 0.486. The molecule has 36 heavy (non-hydrogen) atoms. The van der Waals surface area contributed by atoms with Gasteiger partial charge < -0.3 is 15.5 Å². The molecule has 9 heteroatoms. The summed E-state index contributed by atoms with van der Waals surface area (Å²) in [5.41, 5.74) is 1.78. The third-order valence-corrected chi connectivity index (χ3v) is 6.31. The number of anilines is 3. The maximum absolute atomic E-state index is 12.9. The molecule has 0 aliphatic carbocycles. The smallest absolute Gasteiger partial charge is 0.258 e. The van der Waals surface area contributed by atoms with Gasteiger partial charge in [-0.2, -0.15) is 0 Å². The first-order chi connectivity index (χ1) is 17.4. The maximum Gasteiger partial charge on any atom is 0.258 e. The first-order valence-corrected chi connectivity index (χ1v) is 12.2. The van der Waals surface area contributed by atoms with Crippen LogP contribution < -0.4 is 15.5 Å². The van der Waals surface area contributed by atoms with Gasteiger partial charge >= 0.3 is 0 Å². The number of halogens is 1. The zero-order chi connectivity index (χ0) is 25.5. The fourth-order valence-corrected chi connectivity index (χ4v) is 4.13. The standard InChI is InChI=1S/C27H28ClN5O3/c1-32(25(34)18-33-15-5-2-6-16-33)21-12-9-19(10-13-21)26(35)30-23-8-4-3-7-22(23)27(36)31-24-14-11-20(28)17-29-24/h3-4,7-14,17H,2,5-6,15-16,18H2,1H3,(H,30,35)(H,29,31,36). The van der Waals surface area contributed by atoms with Crippen LogP contribution in [0.4, 0.5) is 17.2 Å². The number of amides is 3. The van der Waals surface area contributed by atoms with E-state index in [1.165, 1.54) is 12.6 Å². The predicted octanol–water partition coefficient (Wildman–Crippen LogP) is 4.69. The summed E-state index contributed by atoms with van der Waals surface area (Å²) in [6.45, 7) is 2.30. The van der Waals surface area contributed by atoms with Crippen LogP contribution in [-0.4, -0.2) is 54.3 Å². The molecule has 0 bridgehead atoms. The molecule has 186 valence electrons. The Kier molecular flexibility index (Phi) is 8.30. The number of likely N-dealkylation sites (tertiary alicyclic amines) is 1. The first kappa shape index (κ1) is 25.3. The van der Waals surface area contributed by atoms with Crippen molar-refractivity contribution in [1.82, 2.24) is 9.88 Å². The second-order valence-corrected chi connectivity index (χ2v) is 9.09. The van der Waals surface area contributed by atoms with Crippen LogP contribution in [-0.2, 0) is 4.79 Å². The first-order valence-electron chi connectivity index (χ1n) is 11.8. The van der Waals surface area contributed by atoms with Gasteiger partial charge in [0.25, 0.3) is 11.8 Å². The van der Waals surface area contributed by atoms with Crippen molar-refractivity contribution in [2.24, 2.45) is 0 Å². The number of nitrogens with zero attached hydrogens (tertiary/aromatic N) is 3. The molecular weight excluding hydrogens is 478 g/mol. The van der Waals surface area contributed by atoms with Gasteiger partial charge in [-0.05, 0) is 74.5 Å². The second-order valence-electron chi connectivity index (χ2n) is 8.65. The number of hydrogen-bond acceptors (Lipinski definition) is 5. The highest BCUT2D eigenvalue weighted by Crippen LogP contribution is 2.20. The average molecular weight is 506 g/mol. The number of nitrogens with one attached hydrogen (secondary N) is 2. The van der Waals surface area contributed by atoms with Crippen LogP contribution in [0, 0.1) is 0 Å². The average Bonchev–Trinajstić information content (AvgIpc) is 2.90. The number of hydrogen-bond donors (Lipinski definition) is 2. The van der Waals surface area contributed by atoms with Crippen LogP contribution in [0.1, 0.15) is 40.0 Å². The molecule has 1 aliphatic rings. The Balaban J connectivity index is 1.39. The summed E-state index contributed by atoms with van der Waals surface area (Å²) in [7, 11) is 1.74. The fraction of sp³-hybridized carbons (Fsp3) is 0.259. The second kappa shape index (κ2) is 11.8. The molecule has 0 radical (unpaired) electrons. The van der Waals surface area contributed by atoms with E-state index < -0.39 is 5.91 Å². The van der Waals surface area contributed by atoms with Gasteiger partial charge in [0.05, 0.1) is 22.8 Å². The SMILES string of the molecule is CN(C(=O)CN1CCCCC1)c1ccc(C(=O)Nc2ccccc2C(=O)Nc2ccc(Cl)cn2)cc1. The highest BCUT2D eigenvalue weighted by molar-refractivity contribution is 6.30. The van der Waals surface area contributed by atoms with Crippen molar-refractivity contribution in [2.45, 2.75) is 19.3 Å². The topological polar surface area (TPSA) is 94.6 Å². The third-order valence-electron chi connectivity index (χ3n) is 6.09. The van der Waals surface area contributed by atoms with Gasteiger partial charge in [-0.25, -0.2) is 4.98 Å². The Morgan fingerprint density at radius 1 is 0.917 bits per heavy atom. The van der Waals surface area contributed by atoms with Gasteiger partial charge in [0.2, 0.25) is 5.91 Å². The minimum absolute atomic E-state index is 0.0178. The number of rotatable bonds is 7. The molecule has 2 heterocycles. The van der Waals surface area contributed by atoms with Gasteiger partial charge in [-0.3, -0.25) is 19.3 Å². The van der Waals surface area contributed by atoms with Crippen molar-refractivity contribution >= 4 is 46.5 Å². The van der Waals surface area contributed by atoms with E-state index in [9.17, 15) is 14.4 Å². The maximum atomic E-state index is 12.9. The van der Waals surface area contributed by atoms with Crippen LogP contribution in [0.15, 0.2) is 66.9 Å². The number of carbonyl (C=O) groups excluding carboxylic acids is 3. The molecular formula is C27H28ClN5O3. The number of pyridine rings is 1. The fourth-order valence-electron chi connectivity index (χ4n) is 4.01. The summed E-state index contributed by atoms with van der Waals surface area (Å²) in [4.78, 5) is 46.2. The van der Waals surface area contributed by atoms with Crippen LogP contribution in [0.3, 0.4) is 0 Å². The van der Waals surface area contributed by atoms with Crippen molar-refractivity contribution in [3.8, 4) is 0 Å². The van der Waals surface area contributed by atoms with Gasteiger partial charge in [0.15, 0.2) is 0 Å². The van der Waals surface area contributed by atoms with Crippen LogP contribution in [0.5, 0.6) is 0 Å². The summed E-state index contributed by atoms with van der Waals surface area (Å²) in [5.74, 6) is -0.414. The molecule has 3 aromatic rings. The Morgan fingerprint density at radius 3 is 2.33 bits per heavy atom. The number of carbonyl (C=O) groups is 3. The lowest BCUT2D eigenvalue weighted by atomic mass is 10.1. The van der Waals surface area contributed by atoms with Gasteiger partial charge in [-0.1, -0.05) is 30.2 Å². The molecule has 0 atom stereocenters. The number of para-hydroxylation sites is 1. The lowest BCUT2D eigenvalue weighted by Crippen LogP contribution is -2.40. The minimum atomic E-state index is -0.412. The number of benzene rings is 2. The van der Waals surface area contributed by atoms with Gasteiger partial charge in [0.1, 0.15) is 5.82 Å². The zero-order valence-electron chi connectivity index (χ0n) is 20.0. The van der Waals surface area contributed by atoms with Crippen LogP contribution in [0.25, 0.3) is 0 Å². The van der Waals surface area contributed by atoms with Gasteiger partial charge in [0, 0.05) is 24.5 Å². The summed E-state index contributed by atoms with van der Waals surface area (Å²) >= 11 is 5.84. The molecule has 0 spiro atoms. The molecule has 4 rings (SSSR count). The lowest BCUT2D eigenvalue weighted by Gasteiger charge is -2.28. The molecule has 1 fully saturated rings.